The van der Waals surface area contributed by atoms with Crippen molar-refractivity contribution in [2.24, 2.45) is 0 Å². The van der Waals surface area contributed by atoms with Crippen LogP contribution in [0.5, 0.6) is 0 Å². The summed E-state index contributed by atoms with van der Waals surface area (Å²) >= 11 is 0. The molecule has 8 nitrogen and oxygen atoms in total. The quantitative estimate of drug-likeness (QED) is 0.257. The molecule has 0 aromatic carbocycles. The molecule has 138 valence electrons. The van der Waals surface area contributed by atoms with E-state index in [-0.39, 0.29) is 36.5 Å². The first-order valence-corrected chi connectivity index (χ1v) is 10.2. The van der Waals surface area contributed by atoms with E-state index in [2.05, 4.69) is 21.3 Å². The molecule has 0 atom stereocenters. The Kier molecular flexibility index (Phi) is 14.2. The maximum absolute atomic E-state index is 11.4. The predicted octanol–water partition coefficient (Wildman–Crippen LogP) is -0.347. The van der Waals surface area contributed by atoms with Crippen molar-refractivity contribution >= 4 is 45.2 Å². The Morgan fingerprint density at radius 1 is 0.625 bits per heavy atom. The standard InChI is InChI=1S/C14H26N4O4S2/c1-11(19)15-5-3-13(21)17-7-9-23-24-10-8-18-14(22)4-6-16-12(2)20/h3-10H2,1-2H3,(H,15,19)(H,16,20)(H,17,21)(H,18,22). The maximum atomic E-state index is 11.4. The van der Waals surface area contributed by atoms with Crippen LogP contribution in [0.2, 0.25) is 0 Å². The first-order valence-electron chi connectivity index (χ1n) is 7.68. The Hall–Kier alpha value is -1.42. The van der Waals surface area contributed by atoms with E-state index in [1.807, 2.05) is 0 Å². The summed E-state index contributed by atoms with van der Waals surface area (Å²) in [4.78, 5) is 44.1. The maximum Gasteiger partial charge on any atom is 0.221 e. The molecule has 24 heavy (non-hydrogen) atoms. The number of amides is 4. The van der Waals surface area contributed by atoms with Crippen LogP contribution < -0.4 is 21.3 Å². The van der Waals surface area contributed by atoms with E-state index in [0.29, 0.717) is 26.2 Å². The van der Waals surface area contributed by atoms with Crippen molar-refractivity contribution in [3.8, 4) is 0 Å². The molecule has 4 amide bonds. The smallest absolute Gasteiger partial charge is 0.221 e. The van der Waals surface area contributed by atoms with Crippen LogP contribution >= 0.6 is 21.6 Å². The van der Waals surface area contributed by atoms with E-state index in [1.54, 1.807) is 21.6 Å². The Balaban J connectivity index is 3.32. The molecule has 0 saturated carbocycles. The van der Waals surface area contributed by atoms with Crippen molar-refractivity contribution in [1.82, 2.24) is 21.3 Å². The van der Waals surface area contributed by atoms with Crippen LogP contribution in [-0.4, -0.2) is 61.3 Å². The number of carbonyl (C=O) groups excluding carboxylic acids is 4. The van der Waals surface area contributed by atoms with Gasteiger partial charge in [0.05, 0.1) is 0 Å². The normalized spacial score (nSPS) is 9.92. The summed E-state index contributed by atoms with van der Waals surface area (Å²) in [7, 11) is 3.24. The van der Waals surface area contributed by atoms with E-state index in [9.17, 15) is 19.2 Å². The number of hydrogen-bond acceptors (Lipinski definition) is 6. The third kappa shape index (κ3) is 16.9. The van der Waals surface area contributed by atoms with Crippen LogP contribution in [0, 0.1) is 0 Å². The van der Waals surface area contributed by atoms with Crippen molar-refractivity contribution in [3.05, 3.63) is 0 Å². The Bertz CT molecular complexity index is 384. The highest BCUT2D eigenvalue weighted by Gasteiger charge is 2.02. The average molecular weight is 379 g/mol. The topological polar surface area (TPSA) is 116 Å². The van der Waals surface area contributed by atoms with Crippen molar-refractivity contribution < 1.29 is 19.2 Å². The van der Waals surface area contributed by atoms with Gasteiger partial charge in [0.15, 0.2) is 0 Å². The van der Waals surface area contributed by atoms with E-state index in [4.69, 9.17) is 0 Å². The summed E-state index contributed by atoms with van der Waals surface area (Å²) < 4.78 is 0. The second-order valence-electron chi connectivity index (χ2n) is 4.81. The lowest BCUT2D eigenvalue weighted by atomic mass is 10.4. The van der Waals surface area contributed by atoms with Crippen LogP contribution in [-0.2, 0) is 19.2 Å². The van der Waals surface area contributed by atoms with Gasteiger partial charge in [-0.25, -0.2) is 0 Å². The van der Waals surface area contributed by atoms with Gasteiger partial charge in [0, 0.05) is 64.4 Å². The van der Waals surface area contributed by atoms with Crippen LogP contribution in [0.15, 0.2) is 0 Å². The van der Waals surface area contributed by atoms with Gasteiger partial charge < -0.3 is 21.3 Å². The molecule has 0 aromatic heterocycles. The van der Waals surface area contributed by atoms with Gasteiger partial charge >= 0.3 is 0 Å². The van der Waals surface area contributed by atoms with E-state index in [1.165, 1.54) is 13.8 Å². The fourth-order valence-electron chi connectivity index (χ4n) is 1.46. The molecule has 0 aromatic rings. The van der Waals surface area contributed by atoms with Gasteiger partial charge in [-0.3, -0.25) is 19.2 Å². The van der Waals surface area contributed by atoms with Gasteiger partial charge in [-0.05, 0) is 0 Å². The highest BCUT2D eigenvalue weighted by atomic mass is 33.1. The summed E-state index contributed by atoms with van der Waals surface area (Å²) in [5.74, 6) is 1.09. The van der Waals surface area contributed by atoms with Gasteiger partial charge in [-0.15, -0.1) is 0 Å². The van der Waals surface area contributed by atoms with Gasteiger partial charge in [0.25, 0.3) is 0 Å². The van der Waals surface area contributed by atoms with E-state index < -0.39 is 0 Å². The third-order valence-electron chi connectivity index (χ3n) is 2.55. The molecule has 10 heteroatoms. The molecule has 0 heterocycles. The zero-order valence-electron chi connectivity index (χ0n) is 14.1. The van der Waals surface area contributed by atoms with Gasteiger partial charge in [0.2, 0.25) is 23.6 Å². The fraction of sp³-hybridized carbons (Fsp3) is 0.714. The van der Waals surface area contributed by atoms with Crippen molar-refractivity contribution in [2.75, 3.05) is 37.7 Å². The molecule has 0 radical (unpaired) electrons. The molecule has 0 saturated heterocycles. The first kappa shape index (κ1) is 22.6. The lowest BCUT2D eigenvalue weighted by Gasteiger charge is -2.06. The summed E-state index contributed by atoms with van der Waals surface area (Å²) in [6.07, 6.45) is 0.559. The van der Waals surface area contributed by atoms with Crippen molar-refractivity contribution in [2.45, 2.75) is 26.7 Å². The third-order valence-corrected chi connectivity index (χ3v) is 4.96. The minimum atomic E-state index is -0.142. The minimum absolute atomic E-state index is 0.0826. The lowest BCUT2D eigenvalue weighted by Crippen LogP contribution is -2.31. The SMILES string of the molecule is CC(=O)NCCC(=O)NCCSSCCNC(=O)CCNC(C)=O. The molecule has 0 rings (SSSR count). The Morgan fingerprint density at radius 2 is 1.00 bits per heavy atom. The van der Waals surface area contributed by atoms with E-state index in [0.717, 1.165) is 11.5 Å². The van der Waals surface area contributed by atoms with Crippen LogP contribution in [0.4, 0.5) is 0 Å². The second-order valence-corrected chi connectivity index (χ2v) is 7.51. The molecule has 0 aliphatic rings. The highest BCUT2D eigenvalue weighted by Crippen LogP contribution is 2.19. The summed E-state index contributed by atoms with van der Waals surface area (Å²) in [5, 5.41) is 10.7. The molecule has 0 spiro atoms. The second kappa shape index (κ2) is 15.1. The number of rotatable bonds is 13. The molecular formula is C14H26N4O4S2. The molecule has 0 bridgehead atoms. The van der Waals surface area contributed by atoms with Crippen LogP contribution in [0.1, 0.15) is 26.7 Å². The molecule has 0 aliphatic heterocycles. The summed E-state index contributed by atoms with van der Waals surface area (Å²) in [6, 6.07) is 0. The van der Waals surface area contributed by atoms with Crippen LogP contribution in [0.3, 0.4) is 0 Å². The minimum Gasteiger partial charge on any atom is -0.356 e. The van der Waals surface area contributed by atoms with Crippen LogP contribution in [0.25, 0.3) is 0 Å². The monoisotopic (exact) mass is 378 g/mol. The molecule has 4 N–H and O–H groups in total. The fourth-order valence-corrected chi connectivity index (χ4v) is 3.28. The summed E-state index contributed by atoms with van der Waals surface area (Å²) in [6.45, 7) is 4.67. The average Bonchev–Trinajstić information content (AvgIpc) is 2.49. The Morgan fingerprint density at radius 3 is 1.33 bits per heavy atom. The van der Waals surface area contributed by atoms with Crippen molar-refractivity contribution in [3.63, 3.8) is 0 Å². The summed E-state index contributed by atoms with van der Waals surface area (Å²) in [5.41, 5.74) is 0. The molecular weight excluding hydrogens is 352 g/mol. The number of carbonyl (C=O) groups is 4. The largest absolute Gasteiger partial charge is 0.356 e. The first-order chi connectivity index (χ1) is 11.4. The predicted molar refractivity (Wildman–Crippen MR) is 97.5 cm³/mol. The zero-order chi connectivity index (χ0) is 18.2. The lowest BCUT2D eigenvalue weighted by molar-refractivity contribution is -0.123. The number of nitrogens with one attached hydrogen (secondary N) is 4. The molecule has 0 fully saturated rings. The van der Waals surface area contributed by atoms with Gasteiger partial charge in [0.1, 0.15) is 0 Å². The zero-order valence-corrected chi connectivity index (χ0v) is 15.7. The Labute approximate surface area is 150 Å². The highest BCUT2D eigenvalue weighted by molar-refractivity contribution is 8.76. The van der Waals surface area contributed by atoms with Gasteiger partial charge in [-0.2, -0.15) is 0 Å². The van der Waals surface area contributed by atoms with Gasteiger partial charge in [-0.1, -0.05) is 21.6 Å². The van der Waals surface area contributed by atoms with Crippen molar-refractivity contribution in [1.29, 1.82) is 0 Å². The number of hydrogen-bond donors (Lipinski definition) is 4. The van der Waals surface area contributed by atoms with E-state index >= 15 is 0 Å². The molecule has 0 unspecified atom stereocenters. The molecule has 0 aliphatic carbocycles.